The van der Waals surface area contributed by atoms with E-state index < -0.39 is 18.8 Å². The molecule has 4 nitrogen and oxygen atoms in total. The first-order valence-corrected chi connectivity index (χ1v) is 5.66. The van der Waals surface area contributed by atoms with E-state index in [0.29, 0.717) is 22.8 Å². The first-order chi connectivity index (χ1) is 8.20. The van der Waals surface area contributed by atoms with Crippen LogP contribution in [0, 0.1) is 6.92 Å². The monoisotopic (exact) mass is 285 g/mol. The molecule has 1 aromatic rings. The molecule has 1 heterocycles. The van der Waals surface area contributed by atoms with E-state index in [9.17, 15) is 13.2 Å². The molecule has 0 spiro atoms. The zero-order valence-electron chi connectivity index (χ0n) is 10.1. The molecule has 8 heteroatoms. The number of aryl methyl sites for hydroxylation is 2. The van der Waals surface area contributed by atoms with Crippen LogP contribution in [-0.2, 0) is 18.2 Å². The highest BCUT2D eigenvalue weighted by atomic mass is 35.5. The maximum atomic E-state index is 11.9. The smallest absolute Gasteiger partial charge is 0.370 e. The van der Waals surface area contributed by atoms with Gasteiger partial charge >= 0.3 is 6.18 Å². The van der Waals surface area contributed by atoms with E-state index in [0.717, 1.165) is 0 Å². The largest absolute Gasteiger partial charge is 0.411 e. The molecule has 0 bridgehead atoms. The van der Waals surface area contributed by atoms with Gasteiger partial charge in [0.1, 0.15) is 6.61 Å². The van der Waals surface area contributed by atoms with E-state index >= 15 is 0 Å². The lowest BCUT2D eigenvalue weighted by Crippen LogP contribution is -2.31. The lowest BCUT2D eigenvalue weighted by Gasteiger charge is -2.13. The van der Waals surface area contributed by atoms with Crippen molar-refractivity contribution < 1.29 is 17.9 Å². The van der Waals surface area contributed by atoms with Crippen molar-refractivity contribution in [3.63, 3.8) is 0 Å². The first kappa shape index (κ1) is 15.3. The average Bonchev–Trinajstić information content (AvgIpc) is 2.43. The number of ether oxygens (including phenoxy) is 1. The Bertz CT molecular complexity index is 406. The summed E-state index contributed by atoms with van der Waals surface area (Å²) in [6.45, 7) is 0.274. The molecule has 0 aliphatic heterocycles. The SMILES string of the molecule is Cc1nn(C)c(CC(N)COCC(F)(F)F)c1Cl. The second-order valence-corrected chi connectivity index (χ2v) is 4.44. The summed E-state index contributed by atoms with van der Waals surface area (Å²) in [7, 11) is 1.71. The zero-order valence-corrected chi connectivity index (χ0v) is 10.8. The maximum Gasteiger partial charge on any atom is 0.411 e. The Hall–Kier alpha value is -0.790. The van der Waals surface area contributed by atoms with Crippen LogP contribution < -0.4 is 5.73 Å². The van der Waals surface area contributed by atoms with Crippen LogP contribution in [0.2, 0.25) is 5.02 Å². The van der Waals surface area contributed by atoms with Crippen LogP contribution in [0.5, 0.6) is 0 Å². The predicted molar refractivity (Wildman–Crippen MR) is 61.5 cm³/mol. The van der Waals surface area contributed by atoms with Gasteiger partial charge in [-0.15, -0.1) is 0 Å². The topological polar surface area (TPSA) is 53.1 Å². The van der Waals surface area contributed by atoms with Gasteiger partial charge in [-0.2, -0.15) is 18.3 Å². The molecule has 1 unspecified atom stereocenters. The summed E-state index contributed by atoms with van der Waals surface area (Å²) in [4.78, 5) is 0. The maximum absolute atomic E-state index is 11.9. The molecule has 2 N–H and O–H groups in total. The highest BCUT2D eigenvalue weighted by Gasteiger charge is 2.27. The number of alkyl halides is 3. The quantitative estimate of drug-likeness (QED) is 0.898. The molecular formula is C10H15ClF3N3O. The van der Waals surface area contributed by atoms with E-state index in [1.165, 1.54) is 0 Å². The van der Waals surface area contributed by atoms with Crippen LogP contribution in [0.15, 0.2) is 0 Å². The van der Waals surface area contributed by atoms with Gasteiger partial charge in [0.15, 0.2) is 0 Å². The third kappa shape index (κ3) is 4.47. The molecule has 104 valence electrons. The molecule has 0 radical (unpaired) electrons. The summed E-state index contributed by atoms with van der Waals surface area (Å²) in [6.07, 6.45) is -4.02. The molecule has 1 rings (SSSR count). The standard InChI is InChI=1S/C10H15ClF3N3O/c1-6-9(11)8(17(2)16-6)3-7(15)4-18-5-10(12,13)14/h7H,3-5,15H2,1-2H3. The van der Waals surface area contributed by atoms with Crippen LogP contribution in [0.25, 0.3) is 0 Å². The van der Waals surface area contributed by atoms with Gasteiger partial charge in [-0.05, 0) is 6.92 Å². The van der Waals surface area contributed by atoms with Crippen molar-refractivity contribution in [1.29, 1.82) is 0 Å². The minimum atomic E-state index is -4.33. The van der Waals surface area contributed by atoms with E-state index in [4.69, 9.17) is 17.3 Å². The summed E-state index contributed by atoms with van der Waals surface area (Å²) in [5.41, 5.74) is 7.05. The number of nitrogens with two attached hydrogens (primary N) is 1. The summed E-state index contributed by atoms with van der Waals surface area (Å²) < 4.78 is 41.7. The van der Waals surface area contributed by atoms with Crippen molar-refractivity contribution in [2.45, 2.75) is 25.6 Å². The molecule has 0 amide bonds. The highest BCUT2D eigenvalue weighted by molar-refractivity contribution is 6.31. The number of aromatic nitrogens is 2. The van der Waals surface area contributed by atoms with Crippen LogP contribution in [0.3, 0.4) is 0 Å². The Morgan fingerprint density at radius 3 is 2.56 bits per heavy atom. The molecule has 0 aliphatic rings. The van der Waals surface area contributed by atoms with Crippen LogP contribution in [0.1, 0.15) is 11.4 Å². The fraction of sp³-hybridized carbons (Fsp3) is 0.700. The molecular weight excluding hydrogens is 271 g/mol. The van der Waals surface area contributed by atoms with Crippen LogP contribution in [0.4, 0.5) is 13.2 Å². The fourth-order valence-corrected chi connectivity index (χ4v) is 1.77. The number of hydrogen-bond acceptors (Lipinski definition) is 3. The second kappa shape index (κ2) is 5.90. The van der Waals surface area contributed by atoms with Gasteiger partial charge in [0, 0.05) is 19.5 Å². The van der Waals surface area contributed by atoms with Crippen molar-refractivity contribution in [3.8, 4) is 0 Å². The Morgan fingerprint density at radius 2 is 2.11 bits per heavy atom. The minimum absolute atomic E-state index is 0.180. The lowest BCUT2D eigenvalue weighted by molar-refractivity contribution is -0.174. The van der Waals surface area contributed by atoms with E-state index in [-0.39, 0.29) is 6.61 Å². The van der Waals surface area contributed by atoms with Gasteiger partial charge in [-0.1, -0.05) is 11.6 Å². The van der Waals surface area contributed by atoms with E-state index in [1.54, 1.807) is 18.7 Å². The number of hydrogen-bond donors (Lipinski definition) is 1. The zero-order chi connectivity index (χ0) is 13.9. The lowest BCUT2D eigenvalue weighted by atomic mass is 10.1. The van der Waals surface area contributed by atoms with E-state index in [1.807, 2.05) is 0 Å². The second-order valence-electron chi connectivity index (χ2n) is 4.06. The molecule has 0 saturated heterocycles. The summed E-state index contributed by atoms with van der Waals surface area (Å²) >= 11 is 6.01. The van der Waals surface area contributed by atoms with Crippen molar-refractivity contribution in [2.75, 3.05) is 13.2 Å². The van der Waals surface area contributed by atoms with Gasteiger partial charge in [0.25, 0.3) is 0 Å². The van der Waals surface area contributed by atoms with Crippen molar-refractivity contribution in [1.82, 2.24) is 9.78 Å². The van der Waals surface area contributed by atoms with E-state index in [2.05, 4.69) is 9.84 Å². The Morgan fingerprint density at radius 1 is 1.50 bits per heavy atom. The van der Waals surface area contributed by atoms with Crippen molar-refractivity contribution in [3.05, 3.63) is 16.4 Å². The van der Waals surface area contributed by atoms with Gasteiger partial charge in [0.05, 0.1) is 23.0 Å². The molecule has 0 saturated carbocycles. The molecule has 0 aromatic carbocycles. The van der Waals surface area contributed by atoms with Crippen LogP contribution >= 0.6 is 11.6 Å². The highest BCUT2D eigenvalue weighted by Crippen LogP contribution is 2.20. The molecule has 0 aliphatic carbocycles. The number of nitrogens with zero attached hydrogens (tertiary/aromatic N) is 2. The molecule has 1 aromatic heterocycles. The summed E-state index contributed by atoms with van der Waals surface area (Å²) in [6, 6.07) is -0.556. The normalized spacial score (nSPS) is 13.9. The third-order valence-electron chi connectivity index (χ3n) is 2.31. The Kier molecular flexibility index (Phi) is 5.01. The summed E-state index contributed by atoms with van der Waals surface area (Å²) in [5, 5.41) is 4.58. The van der Waals surface area contributed by atoms with Crippen molar-refractivity contribution >= 4 is 11.6 Å². The van der Waals surface area contributed by atoms with Crippen LogP contribution in [-0.4, -0.2) is 35.2 Å². The average molecular weight is 286 g/mol. The van der Waals surface area contributed by atoms with Gasteiger partial charge < -0.3 is 10.5 Å². The first-order valence-electron chi connectivity index (χ1n) is 5.28. The van der Waals surface area contributed by atoms with Crippen molar-refractivity contribution in [2.24, 2.45) is 12.8 Å². The van der Waals surface area contributed by atoms with Gasteiger partial charge in [-0.3, -0.25) is 4.68 Å². The molecule has 0 fully saturated rings. The third-order valence-corrected chi connectivity index (χ3v) is 2.81. The minimum Gasteiger partial charge on any atom is -0.370 e. The number of halogens is 4. The van der Waals surface area contributed by atoms with Gasteiger partial charge in [0.2, 0.25) is 0 Å². The molecule has 1 atom stereocenters. The number of rotatable bonds is 5. The predicted octanol–water partition coefficient (Wildman–Crippen LogP) is 1.83. The van der Waals surface area contributed by atoms with Gasteiger partial charge in [-0.25, -0.2) is 0 Å². The Balaban J connectivity index is 2.47. The fourth-order valence-electron chi connectivity index (χ4n) is 1.54. The summed E-state index contributed by atoms with van der Waals surface area (Å²) in [5.74, 6) is 0. The molecule has 18 heavy (non-hydrogen) atoms. The Labute approximate surface area is 108 Å².